The van der Waals surface area contributed by atoms with E-state index >= 15 is 0 Å². The first-order valence-electron chi connectivity index (χ1n) is 6.53. The van der Waals surface area contributed by atoms with E-state index in [-0.39, 0.29) is 5.91 Å². The van der Waals surface area contributed by atoms with E-state index in [2.05, 4.69) is 5.32 Å². The molecule has 2 aromatic rings. The summed E-state index contributed by atoms with van der Waals surface area (Å²) < 4.78 is 5.52. The molecule has 5 heteroatoms. The van der Waals surface area contributed by atoms with Gasteiger partial charge >= 0.3 is 0 Å². The van der Waals surface area contributed by atoms with Crippen molar-refractivity contribution in [2.75, 3.05) is 18.9 Å². The molecule has 0 spiro atoms. The molecule has 1 heterocycles. The minimum atomic E-state index is -0.0299. The highest BCUT2D eigenvalue weighted by Gasteiger charge is 2.10. The van der Waals surface area contributed by atoms with Gasteiger partial charge < -0.3 is 15.8 Å². The van der Waals surface area contributed by atoms with Gasteiger partial charge in [0.05, 0.1) is 11.4 Å². The van der Waals surface area contributed by atoms with E-state index in [0.717, 1.165) is 22.6 Å². The van der Waals surface area contributed by atoms with Gasteiger partial charge in [0.15, 0.2) is 0 Å². The largest absolute Gasteiger partial charge is 0.492 e. The van der Waals surface area contributed by atoms with Gasteiger partial charge in [-0.1, -0.05) is 6.92 Å². The molecule has 0 bridgehead atoms. The van der Waals surface area contributed by atoms with Crippen LogP contribution in [-0.4, -0.2) is 19.1 Å². The molecule has 0 unspecified atom stereocenters. The lowest BCUT2D eigenvalue weighted by molar-refractivity contribution is 0.0950. The van der Waals surface area contributed by atoms with Crippen molar-refractivity contribution in [3.63, 3.8) is 0 Å². The van der Waals surface area contributed by atoms with Crippen LogP contribution in [-0.2, 0) is 6.42 Å². The highest BCUT2D eigenvalue weighted by atomic mass is 32.1. The number of nitrogens with two attached hydrogens (primary N) is 1. The van der Waals surface area contributed by atoms with Gasteiger partial charge in [0, 0.05) is 5.69 Å². The van der Waals surface area contributed by atoms with Crippen LogP contribution in [0.5, 0.6) is 5.75 Å². The summed E-state index contributed by atoms with van der Waals surface area (Å²) in [4.78, 5) is 12.8. The highest BCUT2D eigenvalue weighted by molar-refractivity contribution is 7.12. The van der Waals surface area contributed by atoms with Crippen LogP contribution in [0.4, 0.5) is 5.69 Å². The van der Waals surface area contributed by atoms with Crippen LogP contribution in [0, 0.1) is 0 Å². The van der Waals surface area contributed by atoms with Gasteiger partial charge in [0.2, 0.25) is 0 Å². The summed E-state index contributed by atoms with van der Waals surface area (Å²) in [5, 5.41) is 4.81. The number of carbonyl (C=O) groups is 1. The molecule has 0 saturated heterocycles. The molecule has 1 aromatic heterocycles. The summed E-state index contributed by atoms with van der Waals surface area (Å²) >= 11 is 1.47. The summed E-state index contributed by atoms with van der Waals surface area (Å²) in [7, 11) is 0. The molecular weight excluding hydrogens is 272 g/mol. The molecule has 0 aliphatic heterocycles. The zero-order valence-corrected chi connectivity index (χ0v) is 12.2. The number of aryl methyl sites for hydroxylation is 1. The Hall–Kier alpha value is -2.01. The lowest BCUT2D eigenvalue weighted by atomic mass is 10.2. The first-order chi connectivity index (χ1) is 9.70. The van der Waals surface area contributed by atoms with E-state index < -0.39 is 0 Å². The van der Waals surface area contributed by atoms with Gasteiger partial charge in [-0.15, -0.1) is 11.3 Å². The summed E-state index contributed by atoms with van der Waals surface area (Å²) in [6, 6.07) is 9.18. The number of hydrogen-bond donors (Lipinski definition) is 2. The van der Waals surface area contributed by atoms with Crippen molar-refractivity contribution in [3.05, 3.63) is 46.2 Å². The number of benzene rings is 1. The SMILES string of the molecule is CCc1ccsc1C(=O)NCCOc1ccc(N)cc1. The summed E-state index contributed by atoms with van der Waals surface area (Å²) in [5.74, 6) is 0.719. The predicted molar refractivity (Wildman–Crippen MR) is 82.4 cm³/mol. The standard InChI is InChI=1S/C15H18N2O2S/c1-2-11-7-10-20-14(11)15(18)17-8-9-19-13-5-3-12(16)4-6-13/h3-7,10H,2,8-9,16H2,1H3,(H,17,18). The second kappa shape index (κ2) is 6.96. The van der Waals surface area contributed by atoms with E-state index in [1.54, 1.807) is 12.1 Å². The monoisotopic (exact) mass is 290 g/mol. The van der Waals surface area contributed by atoms with Crippen LogP contribution in [0.1, 0.15) is 22.2 Å². The molecule has 2 rings (SSSR count). The van der Waals surface area contributed by atoms with Gasteiger partial charge in [-0.2, -0.15) is 0 Å². The van der Waals surface area contributed by atoms with Crippen LogP contribution in [0.25, 0.3) is 0 Å². The zero-order chi connectivity index (χ0) is 14.4. The van der Waals surface area contributed by atoms with E-state index in [9.17, 15) is 4.79 Å². The fraction of sp³-hybridized carbons (Fsp3) is 0.267. The van der Waals surface area contributed by atoms with Gasteiger partial charge in [-0.3, -0.25) is 4.79 Å². The average molecular weight is 290 g/mol. The average Bonchev–Trinajstić information content (AvgIpc) is 2.94. The van der Waals surface area contributed by atoms with E-state index in [1.807, 2.05) is 30.5 Å². The Bertz CT molecular complexity index is 564. The quantitative estimate of drug-likeness (QED) is 0.635. The van der Waals surface area contributed by atoms with Crippen molar-refractivity contribution >= 4 is 22.9 Å². The van der Waals surface area contributed by atoms with E-state index in [0.29, 0.717) is 18.8 Å². The molecule has 106 valence electrons. The van der Waals surface area contributed by atoms with Crippen LogP contribution < -0.4 is 15.8 Å². The number of ether oxygens (including phenoxy) is 1. The molecule has 0 saturated carbocycles. The third-order valence-electron chi connectivity index (χ3n) is 2.87. The Morgan fingerprint density at radius 3 is 2.75 bits per heavy atom. The number of nitrogen functional groups attached to an aromatic ring is 1. The molecule has 4 nitrogen and oxygen atoms in total. The molecule has 0 atom stereocenters. The number of rotatable bonds is 6. The second-order valence-electron chi connectivity index (χ2n) is 4.30. The van der Waals surface area contributed by atoms with Crippen LogP contribution in [0.3, 0.4) is 0 Å². The number of amides is 1. The van der Waals surface area contributed by atoms with Gasteiger partial charge in [-0.05, 0) is 47.7 Å². The Morgan fingerprint density at radius 1 is 1.30 bits per heavy atom. The first-order valence-corrected chi connectivity index (χ1v) is 7.41. The minimum Gasteiger partial charge on any atom is -0.492 e. The Morgan fingerprint density at radius 2 is 2.05 bits per heavy atom. The lowest BCUT2D eigenvalue weighted by Gasteiger charge is -2.08. The van der Waals surface area contributed by atoms with Crippen molar-refractivity contribution in [2.24, 2.45) is 0 Å². The van der Waals surface area contributed by atoms with Crippen LogP contribution in [0.15, 0.2) is 35.7 Å². The first kappa shape index (κ1) is 14.4. The zero-order valence-electron chi connectivity index (χ0n) is 11.4. The van der Waals surface area contributed by atoms with Crippen molar-refractivity contribution in [1.29, 1.82) is 0 Å². The topological polar surface area (TPSA) is 64.3 Å². The maximum Gasteiger partial charge on any atom is 0.261 e. The summed E-state index contributed by atoms with van der Waals surface area (Å²) in [6.45, 7) is 2.95. The van der Waals surface area contributed by atoms with Crippen molar-refractivity contribution in [2.45, 2.75) is 13.3 Å². The molecule has 0 aliphatic carbocycles. The number of thiophene rings is 1. The molecule has 3 N–H and O–H groups in total. The van der Waals surface area contributed by atoms with Crippen LogP contribution >= 0.6 is 11.3 Å². The Kier molecular flexibility index (Phi) is 5.01. The third-order valence-corrected chi connectivity index (χ3v) is 3.83. The molecule has 1 aromatic carbocycles. The van der Waals surface area contributed by atoms with Crippen LogP contribution in [0.2, 0.25) is 0 Å². The van der Waals surface area contributed by atoms with Crippen molar-refractivity contribution < 1.29 is 9.53 Å². The Labute approximate surface area is 122 Å². The summed E-state index contributed by atoms with van der Waals surface area (Å²) in [5.41, 5.74) is 7.39. The highest BCUT2D eigenvalue weighted by Crippen LogP contribution is 2.17. The third kappa shape index (κ3) is 3.74. The smallest absolute Gasteiger partial charge is 0.261 e. The van der Waals surface area contributed by atoms with Crippen molar-refractivity contribution in [1.82, 2.24) is 5.32 Å². The number of carbonyl (C=O) groups excluding carboxylic acids is 1. The molecule has 20 heavy (non-hydrogen) atoms. The molecule has 0 fully saturated rings. The second-order valence-corrected chi connectivity index (χ2v) is 5.22. The van der Waals surface area contributed by atoms with Gasteiger partial charge in [0.1, 0.15) is 12.4 Å². The predicted octanol–water partition coefficient (Wildman–Crippen LogP) is 2.70. The van der Waals surface area contributed by atoms with Gasteiger partial charge in [-0.25, -0.2) is 0 Å². The summed E-state index contributed by atoms with van der Waals surface area (Å²) in [6.07, 6.45) is 0.869. The van der Waals surface area contributed by atoms with E-state index in [1.165, 1.54) is 11.3 Å². The molecule has 1 amide bonds. The lowest BCUT2D eigenvalue weighted by Crippen LogP contribution is -2.28. The molecule has 0 radical (unpaired) electrons. The fourth-order valence-electron chi connectivity index (χ4n) is 1.79. The maximum atomic E-state index is 12.0. The van der Waals surface area contributed by atoms with Crippen molar-refractivity contribution in [3.8, 4) is 5.75 Å². The minimum absolute atomic E-state index is 0.0299. The normalized spacial score (nSPS) is 10.2. The van der Waals surface area contributed by atoms with Gasteiger partial charge in [0.25, 0.3) is 5.91 Å². The maximum absolute atomic E-state index is 12.0. The van der Waals surface area contributed by atoms with E-state index in [4.69, 9.17) is 10.5 Å². The number of nitrogens with one attached hydrogen (secondary N) is 1. The molecule has 0 aliphatic rings. The number of hydrogen-bond acceptors (Lipinski definition) is 4. The number of anilines is 1. The Balaban J connectivity index is 1.76. The fourth-order valence-corrected chi connectivity index (χ4v) is 2.70. The molecular formula is C15H18N2O2S.